The van der Waals surface area contributed by atoms with E-state index in [4.69, 9.17) is 11.6 Å². The van der Waals surface area contributed by atoms with Crippen LogP contribution in [0.4, 0.5) is 0 Å². The molecule has 0 aliphatic heterocycles. The Morgan fingerprint density at radius 2 is 2.10 bits per heavy atom. The van der Waals surface area contributed by atoms with E-state index >= 15 is 0 Å². The molecule has 114 valence electrons. The molecule has 0 atom stereocenters. The van der Waals surface area contributed by atoms with E-state index in [0.717, 1.165) is 17.0 Å². The molecule has 1 aliphatic carbocycles. The molecule has 2 aromatic rings. The van der Waals surface area contributed by atoms with E-state index in [0.29, 0.717) is 14.6 Å². The molecule has 8 heteroatoms. The van der Waals surface area contributed by atoms with Crippen LogP contribution in [0.5, 0.6) is 0 Å². The summed E-state index contributed by atoms with van der Waals surface area (Å²) in [5.74, 6) is 0. The number of sulfonamides is 1. The third-order valence-corrected chi connectivity index (χ3v) is 7.25. The highest BCUT2D eigenvalue weighted by Crippen LogP contribution is 2.24. The Balaban J connectivity index is 1.60. The summed E-state index contributed by atoms with van der Waals surface area (Å²) in [7, 11) is -3.45. The second kappa shape index (κ2) is 6.36. The van der Waals surface area contributed by atoms with Gasteiger partial charge in [0.1, 0.15) is 4.21 Å². The van der Waals surface area contributed by atoms with Gasteiger partial charge in [-0.3, -0.25) is 0 Å². The summed E-state index contributed by atoms with van der Waals surface area (Å²) in [4.78, 5) is 0.899. The van der Waals surface area contributed by atoms with E-state index in [1.54, 1.807) is 12.1 Å². The lowest BCUT2D eigenvalue weighted by Gasteiger charge is -2.02. The highest BCUT2D eigenvalue weighted by atomic mass is 35.5. The molecule has 3 rings (SSSR count). The van der Waals surface area contributed by atoms with Crippen molar-refractivity contribution in [3.05, 3.63) is 38.4 Å². The van der Waals surface area contributed by atoms with Crippen LogP contribution in [0.1, 0.15) is 23.3 Å². The normalized spacial score (nSPS) is 15.5. The molecule has 1 aliphatic rings. The van der Waals surface area contributed by atoms with Crippen molar-refractivity contribution in [2.75, 3.05) is 0 Å². The molecule has 21 heavy (non-hydrogen) atoms. The molecule has 4 nitrogen and oxygen atoms in total. The largest absolute Gasteiger partial charge is 0.310 e. The van der Waals surface area contributed by atoms with Crippen LogP contribution < -0.4 is 10.0 Å². The van der Waals surface area contributed by atoms with E-state index in [2.05, 4.69) is 10.0 Å². The summed E-state index contributed by atoms with van der Waals surface area (Å²) in [6.07, 6.45) is 2.44. The minimum atomic E-state index is -3.45. The van der Waals surface area contributed by atoms with E-state index in [1.807, 2.05) is 11.4 Å². The van der Waals surface area contributed by atoms with Crippen LogP contribution in [-0.2, 0) is 23.1 Å². The molecule has 1 saturated carbocycles. The standard InChI is InChI=1S/C13H15ClN2O2S3/c14-12-4-3-11(20-12)7-16-21(17,18)13-5-9(8-19-13)6-15-10-1-2-10/h3-5,8,10,15-16H,1-2,6-7H2. The molecule has 0 amide bonds. The Hall–Kier alpha value is -0.440. The Kier molecular flexibility index (Phi) is 4.68. The van der Waals surface area contributed by atoms with Crippen LogP contribution in [0.15, 0.2) is 27.8 Å². The maximum atomic E-state index is 12.2. The van der Waals surface area contributed by atoms with Crippen molar-refractivity contribution in [2.45, 2.75) is 36.2 Å². The van der Waals surface area contributed by atoms with Crippen LogP contribution in [0, 0.1) is 0 Å². The minimum absolute atomic E-state index is 0.271. The van der Waals surface area contributed by atoms with E-state index in [1.165, 1.54) is 35.5 Å². The molecule has 0 radical (unpaired) electrons. The molecule has 0 saturated heterocycles. The number of halogens is 1. The Labute approximate surface area is 137 Å². The monoisotopic (exact) mass is 362 g/mol. The fourth-order valence-electron chi connectivity index (χ4n) is 1.82. The average molecular weight is 363 g/mol. The topological polar surface area (TPSA) is 58.2 Å². The number of hydrogen-bond acceptors (Lipinski definition) is 5. The fourth-order valence-corrected chi connectivity index (χ4v) is 5.20. The summed E-state index contributed by atoms with van der Waals surface area (Å²) in [5, 5.41) is 5.27. The summed E-state index contributed by atoms with van der Waals surface area (Å²) in [6.45, 7) is 1.00. The van der Waals surface area contributed by atoms with Gasteiger partial charge in [0.15, 0.2) is 0 Å². The predicted octanol–water partition coefficient (Wildman–Crippen LogP) is 3.19. The number of thiophene rings is 2. The lowest BCUT2D eigenvalue weighted by molar-refractivity contribution is 0.584. The number of nitrogens with one attached hydrogen (secondary N) is 2. The first-order chi connectivity index (χ1) is 10.0. The smallest absolute Gasteiger partial charge is 0.250 e. The van der Waals surface area contributed by atoms with Crippen molar-refractivity contribution >= 4 is 44.3 Å². The molecule has 0 bridgehead atoms. The quantitative estimate of drug-likeness (QED) is 0.795. The van der Waals surface area contributed by atoms with Crippen LogP contribution >= 0.6 is 34.3 Å². The summed E-state index contributed by atoms with van der Waals surface area (Å²) in [5.41, 5.74) is 1.02. The van der Waals surface area contributed by atoms with E-state index in [9.17, 15) is 8.42 Å². The van der Waals surface area contributed by atoms with Crippen molar-refractivity contribution in [3.8, 4) is 0 Å². The van der Waals surface area contributed by atoms with Gasteiger partial charge in [0.05, 0.1) is 4.34 Å². The predicted molar refractivity (Wildman–Crippen MR) is 87.5 cm³/mol. The van der Waals surface area contributed by atoms with Gasteiger partial charge in [0.2, 0.25) is 10.0 Å². The highest BCUT2D eigenvalue weighted by molar-refractivity contribution is 7.91. The van der Waals surface area contributed by atoms with E-state index < -0.39 is 10.0 Å². The first-order valence-electron chi connectivity index (χ1n) is 6.57. The van der Waals surface area contributed by atoms with Crippen molar-refractivity contribution < 1.29 is 8.42 Å². The summed E-state index contributed by atoms with van der Waals surface area (Å²) >= 11 is 8.47. The Bertz CT molecular complexity index is 719. The molecular weight excluding hydrogens is 348 g/mol. The second-order valence-electron chi connectivity index (χ2n) is 4.96. The molecule has 0 aromatic carbocycles. The molecule has 0 spiro atoms. The first kappa shape index (κ1) is 15.5. The fraction of sp³-hybridized carbons (Fsp3) is 0.385. The lowest BCUT2D eigenvalue weighted by Crippen LogP contribution is -2.22. The highest BCUT2D eigenvalue weighted by Gasteiger charge is 2.21. The molecule has 0 unspecified atom stereocenters. The van der Waals surface area contributed by atoms with Crippen molar-refractivity contribution in [3.63, 3.8) is 0 Å². The van der Waals surface area contributed by atoms with Gasteiger partial charge in [-0.05, 0) is 42.0 Å². The van der Waals surface area contributed by atoms with Gasteiger partial charge in [0.25, 0.3) is 0 Å². The first-order valence-corrected chi connectivity index (χ1v) is 10.1. The van der Waals surface area contributed by atoms with Gasteiger partial charge in [-0.1, -0.05) is 11.6 Å². The van der Waals surface area contributed by atoms with Gasteiger partial charge in [-0.2, -0.15) is 0 Å². The van der Waals surface area contributed by atoms with Crippen LogP contribution in [0.2, 0.25) is 4.34 Å². The van der Waals surface area contributed by atoms with Crippen molar-refractivity contribution in [1.82, 2.24) is 10.0 Å². The van der Waals surface area contributed by atoms with Crippen molar-refractivity contribution in [2.24, 2.45) is 0 Å². The summed E-state index contributed by atoms with van der Waals surface area (Å²) < 4.78 is 28.1. The number of hydrogen-bond donors (Lipinski definition) is 2. The maximum Gasteiger partial charge on any atom is 0.250 e. The van der Waals surface area contributed by atoms with Crippen LogP contribution in [-0.4, -0.2) is 14.5 Å². The van der Waals surface area contributed by atoms with Gasteiger partial charge in [0, 0.05) is 24.0 Å². The molecular formula is C13H15ClN2O2S3. The Morgan fingerprint density at radius 3 is 2.76 bits per heavy atom. The minimum Gasteiger partial charge on any atom is -0.310 e. The Morgan fingerprint density at radius 1 is 1.29 bits per heavy atom. The zero-order valence-corrected chi connectivity index (χ0v) is 14.3. The SMILES string of the molecule is O=S(=O)(NCc1ccc(Cl)s1)c1cc(CNC2CC2)cs1. The van der Waals surface area contributed by atoms with Gasteiger partial charge in [-0.25, -0.2) is 13.1 Å². The zero-order valence-electron chi connectivity index (χ0n) is 11.1. The molecule has 2 N–H and O–H groups in total. The van der Waals surface area contributed by atoms with Gasteiger partial charge in [-0.15, -0.1) is 22.7 Å². The maximum absolute atomic E-state index is 12.2. The summed E-state index contributed by atoms with van der Waals surface area (Å²) in [6, 6.07) is 5.95. The molecule has 2 aromatic heterocycles. The molecule has 2 heterocycles. The van der Waals surface area contributed by atoms with Crippen molar-refractivity contribution in [1.29, 1.82) is 0 Å². The number of rotatable bonds is 7. The van der Waals surface area contributed by atoms with Crippen LogP contribution in [0.3, 0.4) is 0 Å². The van der Waals surface area contributed by atoms with Gasteiger partial charge < -0.3 is 5.32 Å². The van der Waals surface area contributed by atoms with E-state index in [-0.39, 0.29) is 6.54 Å². The van der Waals surface area contributed by atoms with Gasteiger partial charge >= 0.3 is 0 Å². The lowest BCUT2D eigenvalue weighted by atomic mass is 10.3. The molecule has 1 fully saturated rings. The third kappa shape index (κ3) is 4.28. The zero-order chi connectivity index (χ0) is 14.9. The average Bonchev–Trinajstić information content (AvgIpc) is 2.97. The third-order valence-electron chi connectivity index (χ3n) is 3.13. The second-order valence-corrected chi connectivity index (χ2v) is 9.66. The van der Waals surface area contributed by atoms with Crippen LogP contribution in [0.25, 0.3) is 0 Å².